The highest BCUT2D eigenvalue weighted by molar-refractivity contribution is 6.30. The molecule has 1 aromatic carbocycles. The molecule has 20 heavy (non-hydrogen) atoms. The molecule has 0 atom stereocenters. The Kier molecular flexibility index (Phi) is 4.62. The lowest BCUT2D eigenvalue weighted by atomic mass is 10.2. The first-order valence-electron chi connectivity index (χ1n) is 6.62. The summed E-state index contributed by atoms with van der Waals surface area (Å²) >= 11 is 5.76. The van der Waals surface area contributed by atoms with Gasteiger partial charge in [0.1, 0.15) is 0 Å². The minimum atomic E-state index is -0.647. The van der Waals surface area contributed by atoms with Crippen LogP contribution in [0.3, 0.4) is 0 Å². The molecule has 0 spiro atoms. The molecule has 1 aliphatic carbocycles. The molecule has 2 rings (SSSR count). The van der Waals surface area contributed by atoms with Crippen LogP contribution in [0, 0.1) is 0 Å². The fraction of sp³-hybridized carbons (Fsp3) is 0.429. The summed E-state index contributed by atoms with van der Waals surface area (Å²) in [6.45, 7) is 0.464. The second kappa shape index (κ2) is 6.24. The van der Waals surface area contributed by atoms with Gasteiger partial charge in [0.05, 0.1) is 5.54 Å². The molecule has 1 aliphatic rings. The van der Waals surface area contributed by atoms with E-state index in [-0.39, 0.29) is 11.8 Å². The summed E-state index contributed by atoms with van der Waals surface area (Å²) in [4.78, 5) is 23.2. The molecule has 5 nitrogen and oxygen atoms in total. The van der Waals surface area contributed by atoms with Crippen molar-refractivity contribution >= 4 is 29.1 Å². The first kappa shape index (κ1) is 14.8. The molecule has 0 aliphatic heterocycles. The molecule has 6 heteroatoms. The van der Waals surface area contributed by atoms with Gasteiger partial charge in [-0.05, 0) is 43.5 Å². The summed E-state index contributed by atoms with van der Waals surface area (Å²) in [6.07, 6.45) is 2.42. The van der Waals surface area contributed by atoms with E-state index in [1.165, 1.54) is 0 Å². The van der Waals surface area contributed by atoms with Crippen molar-refractivity contribution in [3.8, 4) is 0 Å². The van der Waals surface area contributed by atoms with Crippen LogP contribution in [0.2, 0.25) is 5.02 Å². The van der Waals surface area contributed by atoms with Crippen LogP contribution in [0.25, 0.3) is 0 Å². The third kappa shape index (κ3) is 4.21. The van der Waals surface area contributed by atoms with E-state index in [0.29, 0.717) is 30.1 Å². The van der Waals surface area contributed by atoms with E-state index >= 15 is 0 Å². The van der Waals surface area contributed by atoms with Crippen LogP contribution in [0.1, 0.15) is 25.7 Å². The number of carbonyl (C=O) groups is 2. The quantitative estimate of drug-likeness (QED) is 0.698. The normalized spacial score (nSPS) is 15.5. The van der Waals surface area contributed by atoms with E-state index in [2.05, 4.69) is 10.6 Å². The van der Waals surface area contributed by atoms with E-state index in [4.69, 9.17) is 17.3 Å². The second-order valence-corrected chi connectivity index (χ2v) is 5.51. The maximum atomic E-state index is 11.7. The molecule has 4 N–H and O–H groups in total. The maximum Gasteiger partial charge on any atom is 0.240 e. The monoisotopic (exact) mass is 295 g/mol. The van der Waals surface area contributed by atoms with Crippen LogP contribution >= 0.6 is 11.6 Å². The molecule has 1 aromatic rings. The number of nitrogens with one attached hydrogen (secondary N) is 2. The molecule has 1 fully saturated rings. The third-order valence-electron chi connectivity index (χ3n) is 3.24. The molecule has 108 valence electrons. The summed E-state index contributed by atoms with van der Waals surface area (Å²) in [5, 5.41) is 6.14. The lowest BCUT2D eigenvalue weighted by Crippen LogP contribution is -2.43. The summed E-state index contributed by atoms with van der Waals surface area (Å²) in [5.74, 6) is -0.203. The van der Waals surface area contributed by atoms with Crippen LogP contribution < -0.4 is 16.4 Å². The van der Waals surface area contributed by atoms with Crippen LogP contribution in [-0.4, -0.2) is 23.9 Å². The molecule has 2 amide bonds. The van der Waals surface area contributed by atoms with Crippen molar-refractivity contribution < 1.29 is 9.59 Å². The number of anilines is 1. The number of rotatable bonds is 6. The van der Waals surface area contributed by atoms with Crippen LogP contribution in [0.4, 0.5) is 5.69 Å². The van der Waals surface area contributed by atoms with Crippen molar-refractivity contribution in [1.82, 2.24) is 5.32 Å². The molecule has 0 bridgehead atoms. The topological polar surface area (TPSA) is 84.2 Å². The van der Waals surface area contributed by atoms with Gasteiger partial charge in [0.25, 0.3) is 0 Å². The first-order chi connectivity index (χ1) is 9.49. The van der Waals surface area contributed by atoms with Crippen molar-refractivity contribution in [3.05, 3.63) is 29.3 Å². The number of benzene rings is 1. The van der Waals surface area contributed by atoms with Gasteiger partial charge < -0.3 is 16.4 Å². The van der Waals surface area contributed by atoms with E-state index in [1.807, 2.05) is 0 Å². The van der Waals surface area contributed by atoms with Gasteiger partial charge in [0.15, 0.2) is 0 Å². The van der Waals surface area contributed by atoms with Crippen molar-refractivity contribution in [2.24, 2.45) is 5.73 Å². The first-order valence-corrected chi connectivity index (χ1v) is 7.00. The predicted octanol–water partition coefficient (Wildman–Crippen LogP) is 1.67. The Morgan fingerprint density at radius 3 is 2.50 bits per heavy atom. The van der Waals surface area contributed by atoms with Gasteiger partial charge in [-0.2, -0.15) is 0 Å². The van der Waals surface area contributed by atoms with Gasteiger partial charge in [-0.3, -0.25) is 9.59 Å². The second-order valence-electron chi connectivity index (χ2n) is 5.07. The van der Waals surface area contributed by atoms with Crippen molar-refractivity contribution in [2.75, 3.05) is 11.9 Å². The van der Waals surface area contributed by atoms with Crippen molar-refractivity contribution in [2.45, 2.75) is 31.2 Å². The number of hydrogen-bond donors (Lipinski definition) is 3. The van der Waals surface area contributed by atoms with E-state index < -0.39 is 5.54 Å². The summed E-state index contributed by atoms with van der Waals surface area (Å²) in [6, 6.07) is 6.92. The average molecular weight is 296 g/mol. The minimum Gasteiger partial charge on any atom is -0.354 e. The van der Waals surface area contributed by atoms with Crippen LogP contribution in [0.5, 0.6) is 0 Å². The zero-order valence-corrected chi connectivity index (χ0v) is 11.9. The lowest BCUT2D eigenvalue weighted by molar-refractivity contribution is -0.123. The predicted molar refractivity (Wildman–Crippen MR) is 78.5 cm³/mol. The van der Waals surface area contributed by atoms with Crippen LogP contribution in [0.15, 0.2) is 24.3 Å². The molecular formula is C14H18ClN3O2. The Bertz CT molecular complexity index is 498. The molecule has 1 saturated carbocycles. The zero-order chi connectivity index (χ0) is 14.6. The largest absolute Gasteiger partial charge is 0.354 e. The highest BCUT2D eigenvalue weighted by Crippen LogP contribution is 2.31. The summed E-state index contributed by atoms with van der Waals surface area (Å²) in [5.41, 5.74) is 5.81. The molecule has 0 unspecified atom stereocenters. The van der Waals surface area contributed by atoms with Gasteiger partial charge in [0.2, 0.25) is 11.8 Å². The van der Waals surface area contributed by atoms with Gasteiger partial charge in [0, 0.05) is 23.7 Å². The average Bonchev–Trinajstić information content (AvgIpc) is 3.16. The van der Waals surface area contributed by atoms with Gasteiger partial charge in [-0.25, -0.2) is 0 Å². The lowest BCUT2D eigenvalue weighted by Gasteiger charge is -2.10. The minimum absolute atomic E-state index is 0.0875. The maximum absolute atomic E-state index is 11.7. The molecule has 0 aromatic heterocycles. The molecular weight excluding hydrogens is 278 g/mol. The van der Waals surface area contributed by atoms with E-state index in [9.17, 15) is 9.59 Å². The smallest absolute Gasteiger partial charge is 0.240 e. The fourth-order valence-corrected chi connectivity index (χ4v) is 1.87. The third-order valence-corrected chi connectivity index (χ3v) is 3.49. The number of halogens is 1. The SMILES string of the molecule is NC1(C(=O)NCCCC(=O)Nc2ccc(Cl)cc2)CC1. The Balaban J connectivity index is 1.63. The summed E-state index contributed by atoms with van der Waals surface area (Å²) < 4.78 is 0. The Labute approximate surface area is 122 Å². The molecule has 0 saturated heterocycles. The zero-order valence-electron chi connectivity index (χ0n) is 11.1. The number of hydrogen-bond acceptors (Lipinski definition) is 3. The van der Waals surface area contributed by atoms with Gasteiger partial charge in [-0.15, -0.1) is 0 Å². The number of carbonyl (C=O) groups excluding carboxylic acids is 2. The van der Waals surface area contributed by atoms with Crippen molar-refractivity contribution in [1.29, 1.82) is 0 Å². The van der Waals surface area contributed by atoms with Gasteiger partial charge >= 0.3 is 0 Å². The van der Waals surface area contributed by atoms with Gasteiger partial charge in [-0.1, -0.05) is 11.6 Å². The Morgan fingerprint density at radius 2 is 1.90 bits per heavy atom. The Morgan fingerprint density at radius 1 is 1.25 bits per heavy atom. The fourth-order valence-electron chi connectivity index (χ4n) is 1.75. The Hall–Kier alpha value is -1.59. The highest BCUT2D eigenvalue weighted by Gasteiger charge is 2.45. The molecule has 0 heterocycles. The highest BCUT2D eigenvalue weighted by atomic mass is 35.5. The van der Waals surface area contributed by atoms with E-state index in [0.717, 1.165) is 12.8 Å². The van der Waals surface area contributed by atoms with Crippen molar-refractivity contribution in [3.63, 3.8) is 0 Å². The van der Waals surface area contributed by atoms with Crippen LogP contribution in [-0.2, 0) is 9.59 Å². The number of nitrogens with two attached hydrogens (primary N) is 1. The van der Waals surface area contributed by atoms with E-state index in [1.54, 1.807) is 24.3 Å². The standard InChI is InChI=1S/C14H18ClN3O2/c15-10-3-5-11(6-4-10)18-12(19)2-1-9-17-13(20)14(16)7-8-14/h3-6H,1-2,7-9,16H2,(H,17,20)(H,18,19). The molecule has 0 radical (unpaired) electrons. The number of amides is 2. The summed E-state index contributed by atoms with van der Waals surface area (Å²) in [7, 11) is 0.